The van der Waals surface area contributed by atoms with Crippen molar-refractivity contribution in [3.05, 3.63) is 109 Å². The average Bonchev–Trinajstić information content (AvgIpc) is 2.79. The second-order valence-electron chi connectivity index (χ2n) is 7.36. The molecule has 0 unspecified atom stereocenters. The van der Waals surface area contributed by atoms with Gasteiger partial charge >= 0.3 is 0 Å². The maximum atomic E-state index is 13.6. The molecule has 7 heteroatoms. The van der Waals surface area contributed by atoms with Crippen LogP contribution in [0.1, 0.15) is 5.56 Å². The summed E-state index contributed by atoms with van der Waals surface area (Å²) in [5.41, 5.74) is 1.06. The summed E-state index contributed by atoms with van der Waals surface area (Å²) in [6.45, 7) is 0.312. The summed E-state index contributed by atoms with van der Waals surface area (Å²) < 4.78 is 7.34. The molecule has 2 aromatic heterocycles. The van der Waals surface area contributed by atoms with Crippen LogP contribution in [-0.4, -0.2) is 9.55 Å². The van der Waals surface area contributed by atoms with Gasteiger partial charge in [-0.2, -0.15) is 4.98 Å². The summed E-state index contributed by atoms with van der Waals surface area (Å²) in [6.07, 6.45) is 0.574. The number of rotatable bonds is 4. The van der Waals surface area contributed by atoms with Crippen LogP contribution in [0.3, 0.4) is 0 Å². The maximum absolute atomic E-state index is 13.6. The molecular formula is C25H16Cl2N2O3. The van der Waals surface area contributed by atoms with Crippen LogP contribution in [0.2, 0.25) is 10.0 Å². The van der Waals surface area contributed by atoms with Gasteiger partial charge in [0.25, 0.3) is 5.56 Å². The molecule has 0 saturated carbocycles. The van der Waals surface area contributed by atoms with Gasteiger partial charge in [0.2, 0.25) is 11.1 Å². The standard InChI is InChI=1S/C25H16Cl2N2O3/c26-16-10-11-17(19(27)14-16)23-28-24-21(22(30)18-8-4-5-9-20(18)32-24)25(31)29(23)13-12-15-6-2-1-3-7-15/h1-11,14H,12-13H2. The highest BCUT2D eigenvalue weighted by atomic mass is 35.5. The van der Waals surface area contributed by atoms with Crippen LogP contribution >= 0.6 is 23.2 Å². The Morgan fingerprint density at radius 1 is 0.906 bits per heavy atom. The predicted molar refractivity (Wildman–Crippen MR) is 128 cm³/mol. The highest BCUT2D eigenvalue weighted by Gasteiger charge is 2.20. The van der Waals surface area contributed by atoms with E-state index in [2.05, 4.69) is 4.98 Å². The van der Waals surface area contributed by atoms with Crippen LogP contribution in [0.15, 0.2) is 86.8 Å². The first kappa shape index (κ1) is 20.5. The van der Waals surface area contributed by atoms with E-state index in [1.165, 1.54) is 4.57 Å². The van der Waals surface area contributed by atoms with Crippen LogP contribution in [0.25, 0.3) is 33.5 Å². The summed E-state index contributed by atoms with van der Waals surface area (Å²) in [5, 5.41) is 1.08. The summed E-state index contributed by atoms with van der Waals surface area (Å²) in [5.74, 6) is 0.318. The molecule has 0 atom stereocenters. The number of halogens is 2. The first-order chi connectivity index (χ1) is 15.5. The molecule has 2 heterocycles. The molecule has 3 aromatic carbocycles. The van der Waals surface area contributed by atoms with Crippen molar-refractivity contribution in [1.29, 1.82) is 0 Å². The Hall–Kier alpha value is -3.41. The van der Waals surface area contributed by atoms with E-state index in [1.54, 1.807) is 42.5 Å². The molecule has 0 radical (unpaired) electrons. The van der Waals surface area contributed by atoms with Crippen molar-refractivity contribution >= 4 is 45.3 Å². The molecule has 32 heavy (non-hydrogen) atoms. The highest BCUT2D eigenvalue weighted by molar-refractivity contribution is 6.36. The lowest BCUT2D eigenvalue weighted by Gasteiger charge is -2.14. The van der Waals surface area contributed by atoms with Gasteiger partial charge in [-0.25, -0.2) is 0 Å². The first-order valence-electron chi connectivity index (χ1n) is 9.98. The van der Waals surface area contributed by atoms with E-state index in [0.29, 0.717) is 45.4 Å². The van der Waals surface area contributed by atoms with Crippen LogP contribution in [0, 0.1) is 0 Å². The SMILES string of the molecule is O=c1c2ccccc2oc2nc(-c3ccc(Cl)cc3Cl)n(CCc3ccccc3)c(=O)c12. The second-order valence-corrected chi connectivity index (χ2v) is 8.20. The molecule has 0 spiro atoms. The Labute approximate surface area is 192 Å². The molecule has 0 amide bonds. The van der Waals surface area contributed by atoms with Gasteiger partial charge in [0.1, 0.15) is 11.4 Å². The Kier molecular flexibility index (Phi) is 5.29. The highest BCUT2D eigenvalue weighted by Crippen LogP contribution is 2.30. The maximum Gasteiger partial charge on any atom is 0.269 e. The van der Waals surface area contributed by atoms with Gasteiger partial charge in [-0.05, 0) is 42.3 Å². The quantitative estimate of drug-likeness (QED) is 0.320. The van der Waals surface area contributed by atoms with Crippen molar-refractivity contribution in [1.82, 2.24) is 9.55 Å². The van der Waals surface area contributed by atoms with E-state index in [9.17, 15) is 9.59 Å². The van der Waals surface area contributed by atoms with Gasteiger partial charge in [-0.1, -0.05) is 65.7 Å². The zero-order valence-electron chi connectivity index (χ0n) is 16.7. The lowest BCUT2D eigenvalue weighted by Crippen LogP contribution is -2.28. The summed E-state index contributed by atoms with van der Waals surface area (Å²) >= 11 is 12.5. The second kappa shape index (κ2) is 8.26. The van der Waals surface area contributed by atoms with Crippen molar-refractivity contribution in [3.8, 4) is 11.4 Å². The lowest BCUT2D eigenvalue weighted by atomic mass is 10.1. The number of benzene rings is 3. The van der Waals surface area contributed by atoms with E-state index in [0.717, 1.165) is 5.56 Å². The Bertz CT molecular complexity index is 1590. The minimum atomic E-state index is -0.466. The van der Waals surface area contributed by atoms with Gasteiger partial charge in [0.15, 0.2) is 5.39 Å². The molecule has 0 saturated heterocycles. The summed E-state index contributed by atoms with van der Waals surface area (Å²) in [4.78, 5) is 31.3. The summed E-state index contributed by atoms with van der Waals surface area (Å²) in [7, 11) is 0. The minimum Gasteiger partial charge on any atom is -0.437 e. The van der Waals surface area contributed by atoms with Gasteiger partial charge in [-0.15, -0.1) is 0 Å². The molecule has 0 N–H and O–H groups in total. The number of aromatic nitrogens is 2. The van der Waals surface area contributed by atoms with E-state index in [-0.39, 0.29) is 11.1 Å². The average molecular weight is 463 g/mol. The number of aryl methyl sites for hydroxylation is 1. The van der Waals surface area contributed by atoms with E-state index >= 15 is 0 Å². The molecule has 5 aromatic rings. The fourth-order valence-corrected chi connectivity index (χ4v) is 4.25. The zero-order valence-corrected chi connectivity index (χ0v) is 18.2. The Morgan fingerprint density at radius 2 is 1.66 bits per heavy atom. The van der Waals surface area contributed by atoms with Crippen LogP contribution in [0.4, 0.5) is 0 Å². The van der Waals surface area contributed by atoms with Gasteiger partial charge in [0, 0.05) is 17.1 Å². The third kappa shape index (κ3) is 3.60. The van der Waals surface area contributed by atoms with Crippen molar-refractivity contribution in [2.45, 2.75) is 13.0 Å². The number of nitrogens with zero attached hydrogens (tertiary/aromatic N) is 2. The summed E-state index contributed by atoms with van der Waals surface area (Å²) in [6, 6.07) is 21.5. The number of fused-ring (bicyclic) bond motifs is 2. The topological polar surface area (TPSA) is 65.1 Å². The molecule has 0 aliphatic rings. The monoisotopic (exact) mass is 462 g/mol. The minimum absolute atomic E-state index is 0.0179. The first-order valence-corrected chi connectivity index (χ1v) is 10.7. The normalized spacial score (nSPS) is 11.3. The Balaban J connectivity index is 1.80. The van der Waals surface area contributed by atoms with E-state index in [4.69, 9.17) is 27.6 Å². The third-order valence-electron chi connectivity index (χ3n) is 5.34. The number of para-hydroxylation sites is 1. The smallest absolute Gasteiger partial charge is 0.269 e. The van der Waals surface area contributed by atoms with Crippen LogP contribution in [0.5, 0.6) is 0 Å². The molecule has 0 bridgehead atoms. The molecule has 0 fully saturated rings. The van der Waals surface area contributed by atoms with E-state index < -0.39 is 11.0 Å². The predicted octanol–water partition coefficient (Wildman–Crippen LogP) is 5.72. The third-order valence-corrected chi connectivity index (χ3v) is 5.89. The van der Waals surface area contributed by atoms with Gasteiger partial charge in [0.05, 0.1) is 10.4 Å². The fraction of sp³-hybridized carbons (Fsp3) is 0.0800. The van der Waals surface area contributed by atoms with Crippen molar-refractivity contribution < 1.29 is 4.42 Å². The van der Waals surface area contributed by atoms with Crippen LogP contribution < -0.4 is 11.0 Å². The van der Waals surface area contributed by atoms with E-state index in [1.807, 2.05) is 30.3 Å². The van der Waals surface area contributed by atoms with Crippen molar-refractivity contribution in [3.63, 3.8) is 0 Å². The van der Waals surface area contributed by atoms with Gasteiger partial charge in [-0.3, -0.25) is 14.2 Å². The van der Waals surface area contributed by atoms with Crippen LogP contribution in [-0.2, 0) is 13.0 Å². The molecule has 0 aliphatic carbocycles. The van der Waals surface area contributed by atoms with Crippen molar-refractivity contribution in [2.24, 2.45) is 0 Å². The number of hydrogen-bond acceptors (Lipinski definition) is 4. The molecular weight excluding hydrogens is 447 g/mol. The number of hydrogen-bond donors (Lipinski definition) is 0. The molecule has 5 nitrogen and oxygen atoms in total. The zero-order chi connectivity index (χ0) is 22.2. The van der Waals surface area contributed by atoms with Gasteiger partial charge < -0.3 is 4.42 Å². The lowest BCUT2D eigenvalue weighted by molar-refractivity contribution is 0.623. The molecule has 0 aliphatic heterocycles. The largest absolute Gasteiger partial charge is 0.437 e. The molecule has 158 valence electrons. The fourth-order valence-electron chi connectivity index (χ4n) is 3.75. The van der Waals surface area contributed by atoms with Crippen molar-refractivity contribution in [2.75, 3.05) is 0 Å². The Morgan fingerprint density at radius 3 is 2.44 bits per heavy atom. The molecule has 5 rings (SSSR count).